The van der Waals surface area contributed by atoms with Crippen LogP contribution in [0.15, 0.2) is 6.20 Å². The van der Waals surface area contributed by atoms with Crippen LogP contribution in [0.3, 0.4) is 0 Å². The smallest absolute Gasteiger partial charge is 0.269 e. The maximum absolute atomic E-state index is 10.6. The summed E-state index contributed by atoms with van der Waals surface area (Å²) in [5, 5.41) is 0. The quantitative estimate of drug-likeness (QED) is 0.618. The summed E-state index contributed by atoms with van der Waals surface area (Å²) in [6.45, 7) is 3.05. The molecule has 0 aromatic carbocycles. The lowest BCUT2D eigenvalue weighted by Gasteiger charge is -2.00. The van der Waals surface area contributed by atoms with Crippen LogP contribution in [0.25, 0.3) is 0 Å². The minimum absolute atomic E-state index is 0.255. The van der Waals surface area contributed by atoms with E-state index >= 15 is 0 Å². The fourth-order valence-electron chi connectivity index (χ4n) is 0.896. The van der Waals surface area contributed by atoms with Gasteiger partial charge in [0.1, 0.15) is 5.82 Å². The van der Waals surface area contributed by atoms with Gasteiger partial charge in [-0.15, -0.1) is 0 Å². The Hall–Kier alpha value is -0.880. The van der Waals surface area contributed by atoms with E-state index in [1.54, 1.807) is 6.92 Å². The van der Waals surface area contributed by atoms with Gasteiger partial charge in [-0.25, -0.2) is 8.96 Å². The van der Waals surface area contributed by atoms with Gasteiger partial charge in [-0.2, -0.15) is 8.42 Å². The van der Waals surface area contributed by atoms with Crippen LogP contribution in [-0.4, -0.2) is 21.9 Å². The van der Waals surface area contributed by atoms with Crippen molar-refractivity contribution in [1.82, 2.24) is 8.96 Å². The molecule has 0 aliphatic carbocycles. The minimum Gasteiger partial charge on any atom is -0.269 e. The maximum atomic E-state index is 10.6. The van der Waals surface area contributed by atoms with Crippen LogP contribution in [0.2, 0.25) is 0 Å². The molecule has 0 amide bonds. The van der Waals surface area contributed by atoms with Crippen molar-refractivity contribution in [3.05, 3.63) is 17.7 Å². The van der Waals surface area contributed by atoms with Crippen molar-refractivity contribution >= 4 is 10.3 Å². The second-order valence-electron chi connectivity index (χ2n) is 2.19. The Balaban J connectivity index is 3.45. The molecular formula is C5H8N2O3S. The van der Waals surface area contributed by atoms with Crippen LogP contribution in [-0.2, 0) is 10.3 Å². The number of rotatable bonds is 1. The number of aryl methyl sites for hydroxylation is 2. The van der Waals surface area contributed by atoms with Crippen LogP contribution in [0, 0.1) is 13.8 Å². The monoisotopic (exact) mass is 176 g/mol. The summed E-state index contributed by atoms with van der Waals surface area (Å²) in [4.78, 5) is 3.71. The lowest BCUT2D eigenvalue weighted by molar-refractivity contribution is 0.470. The van der Waals surface area contributed by atoms with E-state index in [-0.39, 0.29) is 5.82 Å². The van der Waals surface area contributed by atoms with E-state index in [4.69, 9.17) is 4.55 Å². The Kier molecular flexibility index (Phi) is 1.73. The Morgan fingerprint density at radius 3 is 2.27 bits per heavy atom. The maximum Gasteiger partial charge on any atom is 0.365 e. The van der Waals surface area contributed by atoms with Crippen LogP contribution in [0.5, 0.6) is 0 Å². The topological polar surface area (TPSA) is 72.2 Å². The normalized spacial score (nSPS) is 11.9. The van der Waals surface area contributed by atoms with Gasteiger partial charge in [0.25, 0.3) is 0 Å². The summed E-state index contributed by atoms with van der Waals surface area (Å²) < 4.78 is 30.6. The van der Waals surface area contributed by atoms with Gasteiger partial charge in [0.05, 0.1) is 5.69 Å². The third-order valence-corrected chi connectivity index (χ3v) is 2.30. The molecule has 6 heteroatoms. The van der Waals surface area contributed by atoms with Gasteiger partial charge in [-0.3, -0.25) is 4.55 Å². The number of hydrogen-bond acceptors (Lipinski definition) is 3. The summed E-state index contributed by atoms with van der Waals surface area (Å²) in [7, 11) is -4.17. The molecule has 0 unspecified atom stereocenters. The van der Waals surface area contributed by atoms with Gasteiger partial charge >= 0.3 is 10.3 Å². The Bertz CT molecular complexity index is 346. The highest BCUT2D eigenvalue weighted by Crippen LogP contribution is 2.05. The first-order valence-electron chi connectivity index (χ1n) is 2.92. The molecule has 0 spiro atoms. The highest BCUT2D eigenvalue weighted by molar-refractivity contribution is 7.84. The van der Waals surface area contributed by atoms with Crippen LogP contribution < -0.4 is 0 Å². The molecule has 11 heavy (non-hydrogen) atoms. The zero-order chi connectivity index (χ0) is 8.65. The van der Waals surface area contributed by atoms with Crippen molar-refractivity contribution in [1.29, 1.82) is 0 Å². The molecule has 1 N–H and O–H groups in total. The van der Waals surface area contributed by atoms with Crippen molar-refractivity contribution in [3.8, 4) is 0 Å². The molecule has 1 heterocycles. The molecule has 0 fully saturated rings. The van der Waals surface area contributed by atoms with E-state index in [0.29, 0.717) is 5.69 Å². The fraction of sp³-hybridized carbons (Fsp3) is 0.400. The first-order chi connectivity index (χ1) is 4.93. The van der Waals surface area contributed by atoms with E-state index < -0.39 is 10.3 Å². The number of aromatic nitrogens is 2. The van der Waals surface area contributed by atoms with Gasteiger partial charge in [-0.1, -0.05) is 0 Å². The van der Waals surface area contributed by atoms with Gasteiger partial charge in [0, 0.05) is 6.20 Å². The van der Waals surface area contributed by atoms with E-state index in [1.807, 2.05) is 0 Å². The third kappa shape index (κ3) is 1.41. The average molecular weight is 176 g/mol. The molecule has 62 valence electrons. The van der Waals surface area contributed by atoms with E-state index in [1.165, 1.54) is 13.1 Å². The third-order valence-electron chi connectivity index (χ3n) is 1.28. The molecule has 0 atom stereocenters. The molecule has 1 rings (SSSR count). The molecule has 5 nitrogen and oxygen atoms in total. The van der Waals surface area contributed by atoms with Gasteiger partial charge in [-0.05, 0) is 13.8 Å². The lowest BCUT2D eigenvalue weighted by atomic mass is 10.6. The molecule has 1 aromatic heterocycles. The SMILES string of the molecule is Cc1cnc(C)n1S(=O)(=O)O. The van der Waals surface area contributed by atoms with Crippen LogP contribution >= 0.6 is 0 Å². The highest BCUT2D eigenvalue weighted by Gasteiger charge is 2.13. The van der Waals surface area contributed by atoms with Crippen molar-refractivity contribution in [3.63, 3.8) is 0 Å². The zero-order valence-electron chi connectivity index (χ0n) is 6.14. The molecule has 0 aliphatic rings. The molecule has 0 aliphatic heterocycles. The molecule has 0 saturated carbocycles. The first kappa shape index (κ1) is 8.22. The zero-order valence-corrected chi connectivity index (χ0v) is 6.96. The summed E-state index contributed by atoms with van der Waals surface area (Å²) in [6, 6.07) is 0. The van der Waals surface area contributed by atoms with Gasteiger partial charge < -0.3 is 0 Å². The average Bonchev–Trinajstić information content (AvgIpc) is 2.08. The fourth-order valence-corrected chi connectivity index (χ4v) is 1.69. The van der Waals surface area contributed by atoms with E-state index in [2.05, 4.69) is 4.98 Å². The molecular weight excluding hydrogens is 168 g/mol. The van der Waals surface area contributed by atoms with Gasteiger partial charge in [0.15, 0.2) is 0 Å². The predicted octanol–water partition coefficient (Wildman–Crippen LogP) is 0.151. The Labute approximate surface area is 64.6 Å². The van der Waals surface area contributed by atoms with Crippen molar-refractivity contribution in [2.24, 2.45) is 0 Å². The Morgan fingerprint density at radius 1 is 1.55 bits per heavy atom. The largest absolute Gasteiger partial charge is 0.365 e. The molecule has 0 saturated heterocycles. The van der Waals surface area contributed by atoms with E-state index in [9.17, 15) is 8.42 Å². The molecule has 0 bridgehead atoms. The standard InChI is InChI=1S/C5H8N2O3S/c1-4-3-6-5(2)7(4)11(8,9)10/h3H,1-2H3,(H,8,9,10). The number of imidazole rings is 1. The molecule has 1 aromatic rings. The van der Waals surface area contributed by atoms with Crippen molar-refractivity contribution < 1.29 is 13.0 Å². The second kappa shape index (κ2) is 2.31. The summed E-state index contributed by atoms with van der Waals surface area (Å²) >= 11 is 0. The predicted molar refractivity (Wildman–Crippen MR) is 38.6 cm³/mol. The lowest BCUT2D eigenvalue weighted by Crippen LogP contribution is -2.13. The summed E-state index contributed by atoms with van der Waals surface area (Å²) in [5.74, 6) is 0.255. The van der Waals surface area contributed by atoms with Crippen LogP contribution in [0.4, 0.5) is 0 Å². The first-order valence-corrected chi connectivity index (χ1v) is 4.31. The summed E-state index contributed by atoms with van der Waals surface area (Å²) in [6.07, 6.45) is 1.38. The van der Waals surface area contributed by atoms with Crippen molar-refractivity contribution in [2.75, 3.05) is 0 Å². The number of nitrogens with zero attached hydrogens (tertiary/aromatic N) is 2. The molecule has 0 radical (unpaired) electrons. The summed E-state index contributed by atoms with van der Waals surface area (Å²) in [5.41, 5.74) is 0.394. The highest BCUT2D eigenvalue weighted by atomic mass is 32.2. The van der Waals surface area contributed by atoms with Crippen molar-refractivity contribution in [2.45, 2.75) is 13.8 Å². The van der Waals surface area contributed by atoms with Crippen LogP contribution in [0.1, 0.15) is 11.5 Å². The van der Waals surface area contributed by atoms with E-state index in [0.717, 1.165) is 3.97 Å². The Morgan fingerprint density at radius 2 is 2.09 bits per heavy atom. The minimum atomic E-state index is -4.17. The second-order valence-corrected chi connectivity index (χ2v) is 3.45. The van der Waals surface area contributed by atoms with Gasteiger partial charge in [0.2, 0.25) is 0 Å². The number of hydrogen-bond donors (Lipinski definition) is 1.